The topological polar surface area (TPSA) is 46.6 Å². The maximum Gasteiger partial charge on any atom is 0.332 e. The van der Waals surface area contributed by atoms with Crippen LogP contribution < -0.4 is 0 Å². The van der Waals surface area contributed by atoms with E-state index >= 15 is 0 Å². The first-order valence-corrected chi connectivity index (χ1v) is 8.61. The highest BCUT2D eigenvalue weighted by molar-refractivity contribution is 5.91. The minimum atomic E-state index is -0.823. The largest absolute Gasteiger partial charge is 0.464 e. The Morgan fingerprint density at radius 1 is 1.30 bits per heavy atom. The summed E-state index contributed by atoms with van der Waals surface area (Å²) in [5.74, 6) is 0.430. The fourth-order valence-corrected chi connectivity index (χ4v) is 3.73. The van der Waals surface area contributed by atoms with E-state index in [1.54, 1.807) is 0 Å². The van der Waals surface area contributed by atoms with Gasteiger partial charge in [0.05, 0.1) is 6.61 Å². The van der Waals surface area contributed by atoms with Crippen molar-refractivity contribution in [1.29, 1.82) is 0 Å². The zero-order chi connectivity index (χ0) is 16.4. The van der Waals surface area contributed by atoms with E-state index in [1.165, 1.54) is 0 Å². The van der Waals surface area contributed by atoms with E-state index < -0.39 is 5.54 Å². The molecule has 1 heterocycles. The van der Waals surface area contributed by atoms with E-state index in [0.717, 1.165) is 18.4 Å². The Bertz CT molecular complexity index is 586. The van der Waals surface area contributed by atoms with Gasteiger partial charge in [-0.25, -0.2) is 4.79 Å². The molecule has 1 aromatic rings. The molecule has 0 spiro atoms. The fraction of sp³-hybridized carbons (Fsp3) is 0.579. The van der Waals surface area contributed by atoms with E-state index in [4.69, 9.17) is 4.74 Å². The zero-order valence-electron chi connectivity index (χ0n) is 14.0. The average Bonchev–Trinajstić information content (AvgIpc) is 3.13. The van der Waals surface area contributed by atoms with Gasteiger partial charge in [0.25, 0.3) is 0 Å². The minimum Gasteiger partial charge on any atom is -0.464 e. The standard InChI is InChI=1S/C19H25NO3/c1-3-23-18(22)19(13-15-8-5-4-6-9-15)10-7-11-20(19)17(21)16-12-14(16)2/h4-6,8-9,14,16H,3,7,10-13H2,1-2H3/t14-,16-,19-/m1/s1. The fourth-order valence-electron chi connectivity index (χ4n) is 3.73. The van der Waals surface area contributed by atoms with Crippen molar-refractivity contribution in [1.82, 2.24) is 4.90 Å². The number of hydrogen-bond acceptors (Lipinski definition) is 3. The van der Waals surface area contributed by atoms with Gasteiger partial charge >= 0.3 is 5.97 Å². The molecule has 1 amide bonds. The van der Waals surface area contributed by atoms with Gasteiger partial charge in [0.2, 0.25) is 5.91 Å². The number of likely N-dealkylation sites (tertiary alicyclic amines) is 1. The summed E-state index contributed by atoms with van der Waals surface area (Å²) in [5, 5.41) is 0. The maximum atomic E-state index is 12.9. The van der Waals surface area contributed by atoms with Crippen LogP contribution in [-0.2, 0) is 20.7 Å². The van der Waals surface area contributed by atoms with Crippen molar-refractivity contribution in [3.8, 4) is 0 Å². The molecule has 23 heavy (non-hydrogen) atoms. The summed E-state index contributed by atoms with van der Waals surface area (Å²) in [5.41, 5.74) is 0.251. The van der Waals surface area contributed by atoms with Crippen LogP contribution in [0.4, 0.5) is 0 Å². The molecule has 2 aliphatic rings. The van der Waals surface area contributed by atoms with E-state index in [2.05, 4.69) is 6.92 Å². The third-order valence-electron chi connectivity index (χ3n) is 5.18. The molecule has 2 fully saturated rings. The lowest BCUT2D eigenvalue weighted by atomic mass is 9.87. The third kappa shape index (κ3) is 2.99. The van der Waals surface area contributed by atoms with Gasteiger partial charge < -0.3 is 9.64 Å². The van der Waals surface area contributed by atoms with Gasteiger partial charge in [-0.15, -0.1) is 0 Å². The summed E-state index contributed by atoms with van der Waals surface area (Å²) in [6, 6.07) is 9.93. The number of esters is 1. The molecule has 4 heteroatoms. The molecule has 0 N–H and O–H groups in total. The highest BCUT2D eigenvalue weighted by Gasteiger charge is 2.54. The summed E-state index contributed by atoms with van der Waals surface area (Å²) >= 11 is 0. The van der Waals surface area contributed by atoms with E-state index in [1.807, 2.05) is 42.2 Å². The molecule has 1 aromatic carbocycles. The molecular formula is C19H25NO3. The summed E-state index contributed by atoms with van der Waals surface area (Å²) < 4.78 is 5.38. The number of amides is 1. The van der Waals surface area contributed by atoms with E-state index in [0.29, 0.717) is 31.9 Å². The summed E-state index contributed by atoms with van der Waals surface area (Å²) in [6.45, 7) is 4.92. The molecule has 0 aromatic heterocycles. The number of nitrogens with zero attached hydrogens (tertiary/aromatic N) is 1. The summed E-state index contributed by atoms with van der Waals surface area (Å²) in [7, 11) is 0. The Labute approximate surface area is 137 Å². The Balaban J connectivity index is 1.90. The minimum absolute atomic E-state index is 0.0951. The van der Waals surface area contributed by atoms with Crippen LogP contribution >= 0.6 is 0 Å². The normalized spacial score (nSPS) is 29.4. The molecule has 3 atom stereocenters. The van der Waals surface area contributed by atoms with Crippen molar-refractivity contribution in [2.75, 3.05) is 13.2 Å². The van der Waals surface area contributed by atoms with Gasteiger partial charge in [-0.2, -0.15) is 0 Å². The zero-order valence-corrected chi connectivity index (χ0v) is 14.0. The van der Waals surface area contributed by atoms with Crippen LogP contribution in [0.1, 0.15) is 38.7 Å². The monoisotopic (exact) mass is 315 g/mol. The first kappa shape index (κ1) is 16.0. The lowest BCUT2D eigenvalue weighted by molar-refractivity contribution is -0.162. The number of hydrogen-bond donors (Lipinski definition) is 0. The van der Waals surface area contributed by atoms with Crippen molar-refractivity contribution in [2.45, 2.75) is 45.1 Å². The van der Waals surface area contributed by atoms with Crippen molar-refractivity contribution in [3.05, 3.63) is 35.9 Å². The highest BCUT2D eigenvalue weighted by Crippen LogP contribution is 2.43. The van der Waals surface area contributed by atoms with Crippen LogP contribution in [0.2, 0.25) is 0 Å². The van der Waals surface area contributed by atoms with Crippen LogP contribution in [0, 0.1) is 11.8 Å². The molecule has 1 aliphatic carbocycles. The number of carbonyl (C=O) groups is 2. The van der Waals surface area contributed by atoms with Gasteiger partial charge in [-0.05, 0) is 37.7 Å². The molecule has 124 valence electrons. The molecule has 4 nitrogen and oxygen atoms in total. The van der Waals surface area contributed by atoms with Crippen LogP contribution in [-0.4, -0.2) is 35.5 Å². The van der Waals surface area contributed by atoms with Crippen LogP contribution in [0.3, 0.4) is 0 Å². The average molecular weight is 315 g/mol. The van der Waals surface area contributed by atoms with Crippen molar-refractivity contribution in [3.63, 3.8) is 0 Å². The smallest absolute Gasteiger partial charge is 0.332 e. The molecule has 0 bridgehead atoms. The molecule has 0 radical (unpaired) electrons. The van der Waals surface area contributed by atoms with Crippen molar-refractivity contribution < 1.29 is 14.3 Å². The maximum absolute atomic E-state index is 12.9. The Kier molecular flexibility index (Phi) is 4.42. The van der Waals surface area contributed by atoms with Gasteiger partial charge in [0.1, 0.15) is 5.54 Å². The van der Waals surface area contributed by atoms with Crippen molar-refractivity contribution >= 4 is 11.9 Å². The molecule has 3 rings (SSSR count). The number of rotatable bonds is 5. The number of benzene rings is 1. The van der Waals surface area contributed by atoms with Crippen LogP contribution in [0.25, 0.3) is 0 Å². The first-order valence-electron chi connectivity index (χ1n) is 8.61. The summed E-state index contributed by atoms with van der Waals surface area (Å²) in [4.78, 5) is 27.5. The SMILES string of the molecule is CCOC(=O)[C@]1(Cc2ccccc2)CCCN1C(=O)[C@@H]1C[C@H]1C. The van der Waals surface area contributed by atoms with Gasteiger partial charge in [0, 0.05) is 18.9 Å². The molecule has 1 aliphatic heterocycles. The van der Waals surface area contributed by atoms with Gasteiger partial charge in [-0.3, -0.25) is 4.79 Å². The number of carbonyl (C=O) groups excluding carboxylic acids is 2. The predicted octanol–water partition coefficient (Wildman–Crippen LogP) is 2.81. The second-order valence-corrected chi connectivity index (χ2v) is 6.83. The van der Waals surface area contributed by atoms with Crippen LogP contribution in [0.5, 0.6) is 0 Å². The molecular weight excluding hydrogens is 290 g/mol. The van der Waals surface area contributed by atoms with Gasteiger partial charge in [0.15, 0.2) is 0 Å². The Morgan fingerprint density at radius 3 is 2.61 bits per heavy atom. The second kappa shape index (κ2) is 6.34. The predicted molar refractivity (Wildman–Crippen MR) is 87.7 cm³/mol. The van der Waals surface area contributed by atoms with Crippen LogP contribution in [0.15, 0.2) is 30.3 Å². The molecule has 1 saturated heterocycles. The first-order chi connectivity index (χ1) is 11.1. The molecule has 0 unspecified atom stereocenters. The lowest BCUT2D eigenvalue weighted by Crippen LogP contribution is -2.56. The molecule has 1 saturated carbocycles. The summed E-state index contributed by atoms with van der Waals surface area (Å²) in [6.07, 6.45) is 3.03. The Morgan fingerprint density at radius 2 is 2.00 bits per heavy atom. The highest BCUT2D eigenvalue weighted by atomic mass is 16.5. The Hall–Kier alpha value is -1.84. The van der Waals surface area contributed by atoms with E-state index in [-0.39, 0.29) is 17.8 Å². The lowest BCUT2D eigenvalue weighted by Gasteiger charge is -2.36. The quantitative estimate of drug-likeness (QED) is 0.785. The number of ether oxygens (including phenoxy) is 1. The van der Waals surface area contributed by atoms with E-state index in [9.17, 15) is 9.59 Å². The van der Waals surface area contributed by atoms with Gasteiger partial charge in [-0.1, -0.05) is 37.3 Å². The van der Waals surface area contributed by atoms with Crippen molar-refractivity contribution in [2.24, 2.45) is 11.8 Å². The second-order valence-electron chi connectivity index (χ2n) is 6.83. The third-order valence-corrected chi connectivity index (χ3v) is 5.18.